The van der Waals surface area contributed by atoms with Crippen molar-refractivity contribution in [3.05, 3.63) is 57.7 Å². The summed E-state index contributed by atoms with van der Waals surface area (Å²) in [6.45, 7) is 1.68. The van der Waals surface area contributed by atoms with Crippen LogP contribution >= 0.6 is 15.9 Å². The number of halogens is 1. The molecule has 0 saturated heterocycles. The van der Waals surface area contributed by atoms with Gasteiger partial charge in [0.15, 0.2) is 11.5 Å². The molecular weight excluding hydrogens is 454 g/mol. The van der Waals surface area contributed by atoms with Gasteiger partial charge in [0, 0.05) is 10.2 Å². The fraction of sp³-hybridized carbons (Fsp3) is 0.238. The number of anilines is 1. The highest BCUT2D eigenvalue weighted by molar-refractivity contribution is 9.10. The first kappa shape index (κ1) is 21.5. The summed E-state index contributed by atoms with van der Waals surface area (Å²) in [5.74, 6) is 1.15. The van der Waals surface area contributed by atoms with E-state index in [2.05, 4.69) is 31.9 Å². The molecule has 0 radical (unpaired) electrons. The summed E-state index contributed by atoms with van der Waals surface area (Å²) in [5, 5.41) is 8.34. The van der Waals surface area contributed by atoms with Gasteiger partial charge in [-0.2, -0.15) is 0 Å². The van der Waals surface area contributed by atoms with E-state index >= 15 is 0 Å². The largest absolute Gasteiger partial charge is 0.495 e. The zero-order chi connectivity index (χ0) is 21.8. The number of ether oxygens (including phenoxy) is 3. The van der Waals surface area contributed by atoms with E-state index in [1.165, 1.54) is 21.3 Å². The number of nitrogens with one attached hydrogen (secondary N) is 3. The Labute approximate surface area is 182 Å². The van der Waals surface area contributed by atoms with Crippen LogP contribution in [0.5, 0.6) is 17.2 Å². The van der Waals surface area contributed by atoms with Crippen LogP contribution in [-0.2, 0) is 4.79 Å². The highest BCUT2D eigenvalue weighted by atomic mass is 79.9. The first-order valence-electron chi connectivity index (χ1n) is 9.03. The molecule has 0 fully saturated rings. The summed E-state index contributed by atoms with van der Waals surface area (Å²) in [6, 6.07) is 9.42. The number of urea groups is 1. The van der Waals surface area contributed by atoms with Crippen LogP contribution in [0.15, 0.2) is 52.1 Å². The monoisotopic (exact) mass is 475 g/mol. The van der Waals surface area contributed by atoms with Crippen molar-refractivity contribution < 1.29 is 23.8 Å². The topological polar surface area (TPSA) is 97.9 Å². The van der Waals surface area contributed by atoms with E-state index in [0.717, 1.165) is 0 Å². The maximum absolute atomic E-state index is 13.2. The third-order valence-electron chi connectivity index (χ3n) is 4.68. The van der Waals surface area contributed by atoms with Crippen LogP contribution in [-0.4, -0.2) is 33.3 Å². The molecule has 2 aromatic carbocycles. The molecule has 1 aliphatic heterocycles. The Hall–Kier alpha value is -3.20. The number of benzene rings is 2. The van der Waals surface area contributed by atoms with Crippen LogP contribution in [0, 0.1) is 0 Å². The second-order valence-electron chi connectivity index (χ2n) is 6.45. The quantitative estimate of drug-likeness (QED) is 0.590. The van der Waals surface area contributed by atoms with E-state index in [1.807, 2.05) is 6.07 Å². The number of hydrogen-bond acceptors (Lipinski definition) is 5. The predicted molar refractivity (Wildman–Crippen MR) is 116 cm³/mol. The van der Waals surface area contributed by atoms with Crippen LogP contribution in [0.25, 0.3) is 0 Å². The third-order valence-corrected chi connectivity index (χ3v) is 5.37. The van der Waals surface area contributed by atoms with Gasteiger partial charge in [-0.1, -0.05) is 28.1 Å². The van der Waals surface area contributed by atoms with Gasteiger partial charge in [-0.15, -0.1) is 0 Å². The summed E-state index contributed by atoms with van der Waals surface area (Å²) >= 11 is 3.51. The molecule has 0 saturated carbocycles. The molecule has 2 aromatic rings. The number of para-hydroxylation sites is 2. The fourth-order valence-electron chi connectivity index (χ4n) is 3.26. The second kappa shape index (κ2) is 9.08. The number of carbonyl (C=O) groups excluding carboxylic acids is 2. The number of methoxy groups -OCH3 is 3. The summed E-state index contributed by atoms with van der Waals surface area (Å²) in [4.78, 5) is 25.4. The molecule has 0 spiro atoms. The fourth-order valence-corrected chi connectivity index (χ4v) is 3.81. The van der Waals surface area contributed by atoms with Crippen molar-refractivity contribution in [2.75, 3.05) is 26.6 Å². The van der Waals surface area contributed by atoms with E-state index in [1.54, 1.807) is 37.3 Å². The molecule has 0 bridgehead atoms. The predicted octanol–water partition coefficient (Wildman–Crippen LogP) is 3.74. The van der Waals surface area contributed by atoms with Crippen LogP contribution in [0.3, 0.4) is 0 Å². The standard InChI is InChI=1S/C21H22BrN3O5/c1-11-18(20(26)24-14-7-5-6-8-15(14)28-2)19(25-21(27)23-11)12-9-16(29-3)17(30-4)10-13(12)22/h5-10,19H,1-4H3,(H,24,26)(H2,23,25,27). The molecule has 1 atom stereocenters. The lowest BCUT2D eigenvalue weighted by Gasteiger charge is -2.30. The molecule has 0 aromatic heterocycles. The normalized spacial score (nSPS) is 15.8. The average Bonchev–Trinajstić information content (AvgIpc) is 2.73. The van der Waals surface area contributed by atoms with Crippen LogP contribution in [0.4, 0.5) is 10.5 Å². The molecule has 3 N–H and O–H groups in total. The second-order valence-corrected chi connectivity index (χ2v) is 7.31. The van der Waals surface area contributed by atoms with Gasteiger partial charge in [0.1, 0.15) is 5.75 Å². The van der Waals surface area contributed by atoms with Gasteiger partial charge in [-0.05, 0) is 36.8 Å². The zero-order valence-electron chi connectivity index (χ0n) is 17.0. The van der Waals surface area contributed by atoms with Gasteiger partial charge in [0.05, 0.1) is 38.6 Å². The SMILES string of the molecule is COc1ccccc1NC(=O)C1=C(C)NC(=O)NC1c1cc(OC)c(OC)cc1Br. The molecule has 1 aliphatic rings. The molecule has 1 heterocycles. The summed E-state index contributed by atoms with van der Waals surface area (Å²) < 4.78 is 16.7. The first-order chi connectivity index (χ1) is 14.4. The minimum atomic E-state index is -0.720. The van der Waals surface area contributed by atoms with E-state index in [4.69, 9.17) is 14.2 Å². The first-order valence-corrected chi connectivity index (χ1v) is 9.83. The summed E-state index contributed by atoms with van der Waals surface area (Å²) in [7, 11) is 4.58. The third kappa shape index (κ3) is 4.20. The van der Waals surface area contributed by atoms with Crippen LogP contribution in [0.1, 0.15) is 18.5 Å². The molecule has 8 nitrogen and oxygen atoms in total. The smallest absolute Gasteiger partial charge is 0.319 e. The lowest BCUT2D eigenvalue weighted by atomic mass is 9.94. The van der Waals surface area contributed by atoms with Crippen LogP contribution in [0.2, 0.25) is 0 Å². The number of carbonyl (C=O) groups is 2. The van der Waals surface area contributed by atoms with Gasteiger partial charge in [-0.25, -0.2) is 4.79 Å². The Morgan fingerprint density at radius 3 is 2.33 bits per heavy atom. The lowest BCUT2D eigenvalue weighted by Crippen LogP contribution is -2.46. The molecule has 1 unspecified atom stereocenters. The van der Waals surface area contributed by atoms with E-state index in [9.17, 15) is 9.59 Å². The van der Waals surface area contributed by atoms with Gasteiger partial charge in [0.25, 0.3) is 5.91 Å². The van der Waals surface area contributed by atoms with E-state index < -0.39 is 12.1 Å². The van der Waals surface area contributed by atoms with Crippen molar-refractivity contribution in [1.29, 1.82) is 0 Å². The van der Waals surface area contributed by atoms with Crippen LogP contribution < -0.4 is 30.2 Å². The lowest BCUT2D eigenvalue weighted by molar-refractivity contribution is -0.113. The van der Waals surface area contributed by atoms with Crippen molar-refractivity contribution in [3.8, 4) is 17.2 Å². The highest BCUT2D eigenvalue weighted by Crippen LogP contribution is 2.39. The average molecular weight is 476 g/mol. The van der Waals surface area contributed by atoms with Gasteiger partial charge in [-0.3, -0.25) is 4.79 Å². The van der Waals surface area contributed by atoms with Crippen molar-refractivity contribution in [2.45, 2.75) is 13.0 Å². The van der Waals surface area contributed by atoms with E-state index in [0.29, 0.717) is 44.2 Å². The molecular formula is C21H22BrN3O5. The Morgan fingerprint density at radius 1 is 1.03 bits per heavy atom. The van der Waals surface area contributed by atoms with E-state index in [-0.39, 0.29) is 5.91 Å². The number of allylic oxidation sites excluding steroid dienone is 1. The molecule has 30 heavy (non-hydrogen) atoms. The Morgan fingerprint density at radius 2 is 1.67 bits per heavy atom. The molecule has 0 aliphatic carbocycles. The molecule has 9 heteroatoms. The van der Waals surface area contributed by atoms with Gasteiger partial charge >= 0.3 is 6.03 Å². The molecule has 3 amide bonds. The van der Waals surface area contributed by atoms with Crippen molar-refractivity contribution in [1.82, 2.24) is 10.6 Å². The summed E-state index contributed by atoms with van der Waals surface area (Å²) in [5.41, 5.74) is 1.96. The van der Waals surface area contributed by atoms with Crippen molar-refractivity contribution in [2.24, 2.45) is 0 Å². The Bertz CT molecular complexity index is 1020. The Kier molecular flexibility index (Phi) is 6.51. The number of hydrogen-bond donors (Lipinski definition) is 3. The molecule has 158 valence electrons. The van der Waals surface area contributed by atoms with Gasteiger partial charge in [0.2, 0.25) is 0 Å². The van der Waals surface area contributed by atoms with Crippen molar-refractivity contribution in [3.63, 3.8) is 0 Å². The van der Waals surface area contributed by atoms with Gasteiger partial charge < -0.3 is 30.2 Å². The number of amides is 3. The maximum atomic E-state index is 13.2. The maximum Gasteiger partial charge on any atom is 0.319 e. The minimum Gasteiger partial charge on any atom is -0.495 e. The number of rotatable bonds is 6. The molecule has 3 rings (SSSR count). The Balaban J connectivity index is 2.04. The minimum absolute atomic E-state index is 0.355. The zero-order valence-corrected chi connectivity index (χ0v) is 18.5. The highest BCUT2D eigenvalue weighted by Gasteiger charge is 2.33. The summed E-state index contributed by atoms with van der Waals surface area (Å²) in [6.07, 6.45) is 0. The van der Waals surface area contributed by atoms with Crippen molar-refractivity contribution >= 4 is 33.6 Å².